The number of carbonyl (C=O) groups is 1. The average molecular weight is 476 g/mol. The highest BCUT2D eigenvalue weighted by Gasteiger charge is 2.37. The van der Waals surface area contributed by atoms with Crippen LogP contribution in [0.3, 0.4) is 0 Å². The van der Waals surface area contributed by atoms with E-state index in [9.17, 15) is 10.1 Å². The summed E-state index contributed by atoms with van der Waals surface area (Å²) in [6, 6.07) is 14.8. The van der Waals surface area contributed by atoms with Crippen molar-refractivity contribution in [1.29, 1.82) is 5.26 Å². The number of fused-ring (bicyclic) bond motifs is 1. The largest absolute Gasteiger partial charge is 0.490 e. The number of nitriles is 1. The highest BCUT2D eigenvalue weighted by molar-refractivity contribution is 8.16. The van der Waals surface area contributed by atoms with Crippen molar-refractivity contribution >= 4 is 22.9 Å². The second-order valence-electron chi connectivity index (χ2n) is 7.52. The van der Waals surface area contributed by atoms with Gasteiger partial charge in [0.2, 0.25) is 0 Å². The first-order chi connectivity index (χ1) is 16.6. The molecule has 0 aromatic heterocycles. The first kappa shape index (κ1) is 23.5. The third-order valence-electron chi connectivity index (χ3n) is 5.42. The van der Waals surface area contributed by atoms with E-state index < -0.39 is 6.04 Å². The number of nitrogens with zero attached hydrogens (tertiary/aromatic N) is 3. The van der Waals surface area contributed by atoms with Crippen LogP contribution < -0.4 is 9.47 Å². The lowest BCUT2D eigenvalue weighted by Gasteiger charge is -2.33. The Kier molecular flexibility index (Phi) is 7.24. The van der Waals surface area contributed by atoms with Crippen LogP contribution in [0, 0.1) is 11.3 Å². The molecule has 1 unspecified atom stereocenters. The maximum Gasteiger partial charge on any atom is 0.338 e. The number of ether oxygens (including phenoxy) is 3. The lowest BCUT2D eigenvalue weighted by atomic mass is 9.94. The summed E-state index contributed by atoms with van der Waals surface area (Å²) in [6.45, 7) is 6.49. The molecule has 34 heavy (non-hydrogen) atoms. The first-order valence-electron chi connectivity index (χ1n) is 11.0. The van der Waals surface area contributed by atoms with E-state index in [-0.39, 0.29) is 19.2 Å². The predicted octanol–water partition coefficient (Wildman–Crippen LogP) is 5.30. The second-order valence-corrected chi connectivity index (χ2v) is 8.40. The van der Waals surface area contributed by atoms with Crippen molar-refractivity contribution in [2.45, 2.75) is 33.4 Å². The number of thioether (sulfide) groups is 1. The van der Waals surface area contributed by atoms with Crippen LogP contribution in [0.4, 0.5) is 0 Å². The van der Waals surface area contributed by atoms with Gasteiger partial charge in [-0.2, -0.15) is 5.26 Å². The van der Waals surface area contributed by atoms with Gasteiger partial charge in [-0.05, 0) is 49.9 Å². The Morgan fingerprint density at radius 1 is 1.15 bits per heavy atom. The predicted molar refractivity (Wildman–Crippen MR) is 131 cm³/mol. The summed E-state index contributed by atoms with van der Waals surface area (Å²) >= 11 is 1.51. The minimum atomic E-state index is -0.398. The smallest absolute Gasteiger partial charge is 0.338 e. The monoisotopic (exact) mass is 475 g/mol. The zero-order valence-corrected chi connectivity index (χ0v) is 20.1. The van der Waals surface area contributed by atoms with E-state index in [1.165, 1.54) is 11.8 Å². The molecule has 0 N–H and O–H groups in total. The molecule has 2 aliphatic rings. The fourth-order valence-corrected chi connectivity index (χ4v) is 4.68. The highest BCUT2D eigenvalue weighted by Crippen LogP contribution is 2.43. The van der Waals surface area contributed by atoms with E-state index in [1.54, 1.807) is 13.0 Å². The van der Waals surface area contributed by atoms with Crippen LogP contribution in [0.5, 0.6) is 11.5 Å². The minimum Gasteiger partial charge on any atom is -0.490 e. The molecule has 0 bridgehead atoms. The molecule has 2 heterocycles. The maximum absolute atomic E-state index is 12.9. The Hall–Kier alpha value is -3.70. The van der Waals surface area contributed by atoms with E-state index in [2.05, 4.69) is 11.1 Å². The van der Waals surface area contributed by atoms with Crippen molar-refractivity contribution in [1.82, 2.24) is 4.90 Å². The molecule has 2 aromatic carbocycles. The quantitative estimate of drug-likeness (QED) is 0.479. The average Bonchev–Trinajstić information content (AvgIpc) is 3.31. The number of esters is 1. The Morgan fingerprint density at radius 3 is 2.74 bits per heavy atom. The summed E-state index contributed by atoms with van der Waals surface area (Å²) < 4.78 is 17.3. The SMILES string of the molecule is CCOC(=O)C1=C(C)N=C2SC=CN2C1c1ccc(OCc2ccccc2C#N)c(OCC)c1. The molecule has 174 valence electrons. The summed E-state index contributed by atoms with van der Waals surface area (Å²) in [4.78, 5) is 19.5. The summed E-state index contributed by atoms with van der Waals surface area (Å²) in [7, 11) is 0. The standard InChI is InChI=1S/C26H25N3O4S/c1-4-31-22-14-18(10-11-21(22)33-16-20-9-7-6-8-19(20)15-27)24-23(25(30)32-5-2)17(3)28-26-29(24)12-13-34-26/h6-14,24H,4-5,16H2,1-3H3. The van der Waals surface area contributed by atoms with E-state index in [0.717, 1.165) is 16.3 Å². The van der Waals surface area contributed by atoms with Crippen molar-refractivity contribution in [3.8, 4) is 17.6 Å². The van der Waals surface area contributed by atoms with Gasteiger partial charge in [0.25, 0.3) is 0 Å². The molecule has 0 saturated heterocycles. The number of aliphatic imine (C=N–C) groups is 1. The van der Waals surface area contributed by atoms with E-state index in [0.29, 0.717) is 34.9 Å². The molecule has 4 rings (SSSR count). The van der Waals surface area contributed by atoms with E-state index >= 15 is 0 Å². The van der Waals surface area contributed by atoms with Gasteiger partial charge >= 0.3 is 5.97 Å². The molecule has 0 amide bonds. The summed E-state index contributed by atoms with van der Waals surface area (Å²) in [6.07, 6.45) is 1.92. The van der Waals surface area contributed by atoms with Gasteiger partial charge in [-0.1, -0.05) is 36.0 Å². The molecule has 2 aliphatic heterocycles. The van der Waals surface area contributed by atoms with Gasteiger partial charge in [-0.3, -0.25) is 0 Å². The second kappa shape index (κ2) is 10.5. The van der Waals surface area contributed by atoms with Crippen LogP contribution in [-0.4, -0.2) is 29.3 Å². The lowest BCUT2D eigenvalue weighted by Crippen LogP contribution is -2.34. The van der Waals surface area contributed by atoms with Crippen molar-refractivity contribution < 1.29 is 19.0 Å². The van der Waals surface area contributed by atoms with Crippen LogP contribution in [0.25, 0.3) is 0 Å². The highest BCUT2D eigenvalue weighted by atomic mass is 32.2. The van der Waals surface area contributed by atoms with Gasteiger partial charge in [0.15, 0.2) is 16.7 Å². The first-order valence-corrected chi connectivity index (χ1v) is 11.9. The molecular formula is C26H25N3O4S. The number of allylic oxidation sites excluding steroid dienone is 1. The molecular weight excluding hydrogens is 450 g/mol. The normalized spacial score (nSPS) is 16.6. The van der Waals surface area contributed by atoms with Crippen molar-refractivity contribution in [2.24, 2.45) is 4.99 Å². The zero-order chi connectivity index (χ0) is 24.1. The van der Waals surface area contributed by atoms with E-state index in [4.69, 9.17) is 14.2 Å². The Labute approximate surface area is 203 Å². The summed E-state index contributed by atoms with van der Waals surface area (Å²) in [5, 5.41) is 12.1. The number of carbonyl (C=O) groups excluding carboxylic acids is 1. The molecule has 0 aliphatic carbocycles. The van der Waals surface area contributed by atoms with Crippen LogP contribution in [-0.2, 0) is 16.1 Å². The summed E-state index contributed by atoms with van der Waals surface area (Å²) in [5.74, 6) is 0.743. The molecule has 0 saturated carbocycles. The van der Waals surface area contributed by atoms with Crippen molar-refractivity contribution in [3.63, 3.8) is 0 Å². The van der Waals surface area contributed by atoms with Crippen LogP contribution in [0.15, 0.2) is 70.3 Å². The fourth-order valence-electron chi connectivity index (χ4n) is 3.89. The van der Waals surface area contributed by atoms with Gasteiger partial charge in [-0.25, -0.2) is 9.79 Å². The minimum absolute atomic E-state index is 0.238. The van der Waals surface area contributed by atoms with Gasteiger partial charge in [0.05, 0.1) is 42.2 Å². The number of amidine groups is 1. The van der Waals surface area contributed by atoms with Crippen molar-refractivity contribution in [2.75, 3.05) is 13.2 Å². The lowest BCUT2D eigenvalue weighted by molar-refractivity contribution is -0.139. The molecule has 8 heteroatoms. The molecule has 2 aromatic rings. The third-order valence-corrected chi connectivity index (χ3v) is 6.19. The van der Waals surface area contributed by atoms with Gasteiger partial charge < -0.3 is 19.1 Å². The van der Waals surface area contributed by atoms with Gasteiger partial charge in [0.1, 0.15) is 6.61 Å². The molecule has 0 radical (unpaired) electrons. The topological polar surface area (TPSA) is 84.1 Å². The fraction of sp³-hybridized carbons (Fsp3) is 0.269. The number of rotatable bonds is 8. The van der Waals surface area contributed by atoms with Crippen molar-refractivity contribution in [3.05, 3.63) is 82.0 Å². The van der Waals surface area contributed by atoms with Crippen LogP contribution >= 0.6 is 11.8 Å². The molecule has 0 fully saturated rings. The number of hydrogen-bond donors (Lipinski definition) is 0. The molecule has 7 nitrogen and oxygen atoms in total. The summed E-state index contributed by atoms with van der Waals surface area (Å²) in [5.41, 5.74) is 3.36. The number of benzene rings is 2. The van der Waals surface area contributed by atoms with E-state index in [1.807, 2.05) is 66.8 Å². The Morgan fingerprint density at radius 2 is 1.97 bits per heavy atom. The van der Waals surface area contributed by atoms with Gasteiger partial charge in [0, 0.05) is 11.8 Å². The molecule has 1 atom stereocenters. The molecule has 0 spiro atoms. The van der Waals surface area contributed by atoms with Crippen LogP contribution in [0.1, 0.15) is 43.5 Å². The van der Waals surface area contributed by atoms with Crippen LogP contribution in [0.2, 0.25) is 0 Å². The third kappa shape index (κ3) is 4.66. The Balaban J connectivity index is 1.69. The van der Waals surface area contributed by atoms with Gasteiger partial charge in [-0.15, -0.1) is 0 Å². The maximum atomic E-state index is 12.9. The number of hydrogen-bond acceptors (Lipinski definition) is 8. The Bertz CT molecular complexity index is 1230. The zero-order valence-electron chi connectivity index (χ0n) is 19.3.